The Kier molecular flexibility index (Phi) is 3.58. The molecule has 1 aromatic carbocycles. The number of hydrogen-bond donors (Lipinski definition) is 1. The van der Waals surface area contributed by atoms with Crippen molar-refractivity contribution >= 4 is 17.2 Å². The van der Waals surface area contributed by atoms with Crippen LogP contribution in [0.5, 0.6) is 0 Å². The van der Waals surface area contributed by atoms with Crippen LogP contribution < -0.4 is 4.90 Å². The zero-order valence-electron chi connectivity index (χ0n) is 13.6. The number of imidazole rings is 1. The summed E-state index contributed by atoms with van der Waals surface area (Å²) in [4.78, 5) is 18.3. The average Bonchev–Trinajstić information content (AvgIpc) is 3.03. The molecule has 1 N–H and O–H groups in total. The molecule has 0 aliphatic carbocycles. The number of benzene rings is 1. The highest BCUT2D eigenvalue weighted by Gasteiger charge is 2.20. The maximum absolute atomic E-state index is 11.8. The molecule has 0 unspecified atom stereocenters. The molecule has 1 amide bonds. The van der Waals surface area contributed by atoms with Crippen LogP contribution in [0.3, 0.4) is 0 Å². The number of aromatic nitrogens is 2. The minimum Gasteiger partial charge on any atom is -0.392 e. The van der Waals surface area contributed by atoms with Gasteiger partial charge in [0.1, 0.15) is 5.65 Å². The van der Waals surface area contributed by atoms with Crippen LogP contribution in [0.15, 0.2) is 42.7 Å². The Morgan fingerprint density at radius 1 is 1.25 bits per heavy atom. The van der Waals surface area contributed by atoms with Gasteiger partial charge in [-0.15, -0.1) is 0 Å². The Morgan fingerprint density at radius 2 is 2.12 bits per heavy atom. The topological polar surface area (TPSA) is 57.8 Å². The highest BCUT2D eigenvalue weighted by molar-refractivity contribution is 5.93. The second kappa shape index (κ2) is 5.76. The normalized spacial score (nSPS) is 14.0. The highest BCUT2D eigenvalue weighted by atomic mass is 16.3. The van der Waals surface area contributed by atoms with Crippen LogP contribution in [0.1, 0.15) is 24.5 Å². The van der Waals surface area contributed by atoms with Gasteiger partial charge in [0.25, 0.3) is 0 Å². The van der Waals surface area contributed by atoms with Gasteiger partial charge in [0.05, 0.1) is 12.3 Å². The second-order valence-corrected chi connectivity index (χ2v) is 6.20. The summed E-state index contributed by atoms with van der Waals surface area (Å²) in [5, 5.41) is 9.26. The first kappa shape index (κ1) is 14.9. The van der Waals surface area contributed by atoms with Gasteiger partial charge in [-0.3, -0.25) is 4.79 Å². The summed E-state index contributed by atoms with van der Waals surface area (Å²) >= 11 is 0. The predicted molar refractivity (Wildman–Crippen MR) is 92.9 cm³/mol. The summed E-state index contributed by atoms with van der Waals surface area (Å²) in [7, 11) is 0. The van der Waals surface area contributed by atoms with Crippen LogP contribution in [-0.2, 0) is 17.8 Å². The summed E-state index contributed by atoms with van der Waals surface area (Å²) < 4.78 is 1.93. The number of carbonyl (C=O) groups excluding carboxylic acids is 1. The van der Waals surface area contributed by atoms with Gasteiger partial charge in [0, 0.05) is 37.1 Å². The number of aliphatic hydroxyl groups is 1. The molecule has 2 aromatic heterocycles. The number of aryl methyl sites for hydroxylation is 1. The largest absolute Gasteiger partial charge is 0.392 e. The lowest BCUT2D eigenvalue weighted by molar-refractivity contribution is -0.116. The maximum Gasteiger partial charge on any atom is 0.223 e. The number of fused-ring (bicyclic) bond motifs is 2. The monoisotopic (exact) mass is 321 g/mol. The number of rotatable bonds is 2. The number of hydrogen-bond acceptors (Lipinski definition) is 3. The number of carbonyl (C=O) groups is 1. The fourth-order valence-electron chi connectivity index (χ4n) is 3.35. The van der Waals surface area contributed by atoms with Gasteiger partial charge < -0.3 is 14.4 Å². The Balaban J connectivity index is 1.76. The third-order valence-corrected chi connectivity index (χ3v) is 4.57. The lowest BCUT2D eigenvalue weighted by atomic mass is 9.98. The number of aliphatic hydroxyl groups excluding tert-OH is 1. The van der Waals surface area contributed by atoms with Gasteiger partial charge in [0.2, 0.25) is 5.91 Å². The first-order chi connectivity index (χ1) is 11.7. The van der Waals surface area contributed by atoms with Gasteiger partial charge in [-0.05, 0) is 42.2 Å². The van der Waals surface area contributed by atoms with Crippen molar-refractivity contribution < 1.29 is 9.90 Å². The van der Waals surface area contributed by atoms with E-state index in [9.17, 15) is 9.90 Å². The van der Waals surface area contributed by atoms with Crippen LogP contribution in [0, 0.1) is 0 Å². The van der Waals surface area contributed by atoms with Gasteiger partial charge in [0.15, 0.2) is 0 Å². The van der Waals surface area contributed by atoms with E-state index < -0.39 is 0 Å². The average molecular weight is 321 g/mol. The minimum atomic E-state index is 0.0170. The quantitative estimate of drug-likeness (QED) is 0.789. The molecule has 24 heavy (non-hydrogen) atoms. The zero-order chi connectivity index (χ0) is 16.7. The van der Waals surface area contributed by atoms with E-state index in [0.29, 0.717) is 0 Å². The number of pyridine rings is 1. The smallest absolute Gasteiger partial charge is 0.223 e. The summed E-state index contributed by atoms with van der Waals surface area (Å²) in [6.45, 7) is 2.42. The van der Waals surface area contributed by atoms with Gasteiger partial charge in [-0.2, -0.15) is 0 Å². The van der Waals surface area contributed by atoms with Crippen LogP contribution >= 0.6 is 0 Å². The molecule has 0 radical (unpaired) electrons. The molecule has 5 heteroatoms. The van der Waals surface area contributed by atoms with Crippen LogP contribution in [0.4, 0.5) is 5.69 Å². The van der Waals surface area contributed by atoms with E-state index in [-0.39, 0.29) is 12.5 Å². The van der Waals surface area contributed by atoms with E-state index in [2.05, 4.69) is 11.1 Å². The molecule has 1 aliphatic heterocycles. The summed E-state index contributed by atoms with van der Waals surface area (Å²) in [6.07, 6.45) is 5.83. The molecule has 0 atom stereocenters. The van der Waals surface area contributed by atoms with Crippen molar-refractivity contribution in [1.82, 2.24) is 9.38 Å². The van der Waals surface area contributed by atoms with Crippen molar-refractivity contribution in [2.45, 2.75) is 26.4 Å². The van der Waals surface area contributed by atoms with Crippen molar-refractivity contribution in [3.63, 3.8) is 0 Å². The molecule has 0 fully saturated rings. The van der Waals surface area contributed by atoms with Crippen molar-refractivity contribution in [2.24, 2.45) is 0 Å². The van der Waals surface area contributed by atoms with E-state index in [4.69, 9.17) is 0 Å². The van der Waals surface area contributed by atoms with E-state index in [1.54, 1.807) is 6.92 Å². The minimum absolute atomic E-state index is 0.0170. The van der Waals surface area contributed by atoms with Crippen molar-refractivity contribution in [1.29, 1.82) is 0 Å². The zero-order valence-corrected chi connectivity index (χ0v) is 13.6. The Morgan fingerprint density at radius 3 is 2.92 bits per heavy atom. The molecule has 3 aromatic rings. The van der Waals surface area contributed by atoms with Crippen molar-refractivity contribution in [3.05, 3.63) is 53.9 Å². The molecular weight excluding hydrogens is 302 g/mol. The Hall–Kier alpha value is -2.66. The number of anilines is 1. The standard InChI is InChI=1S/C19H19N3O2/c1-13(24)22-8-2-3-16-9-15(5-6-18(16)22)17-11-21-10-14(12-23)4-7-19(21)20-17/h4-7,9-11,23H,2-3,8,12H2,1H3. The molecule has 0 spiro atoms. The molecule has 122 valence electrons. The molecule has 0 saturated carbocycles. The number of amides is 1. The third-order valence-electron chi connectivity index (χ3n) is 4.57. The van der Waals surface area contributed by atoms with E-state index in [0.717, 1.165) is 47.5 Å². The summed E-state index contributed by atoms with van der Waals surface area (Å²) in [5.41, 5.74) is 5.87. The first-order valence-corrected chi connectivity index (χ1v) is 8.15. The van der Waals surface area contributed by atoms with E-state index in [1.807, 2.05) is 46.0 Å². The van der Waals surface area contributed by atoms with Gasteiger partial charge >= 0.3 is 0 Å². The first-order valence-electron chi connectivity index (χ1n) is 8.15. The van der Waals surface area contributed by atoms with Crippen LogP contribution in [-0.4, -0.2) is 26.9 Å². The van der Waals surface area contributed by atoms with Crippen LogP contribution in [0.2, 0.25) is 0 Å². The van der Waals surface area contributed by atoms with Gasteiger partial charge in [-0.1, -0.05) is 12.1 Å². The van der Waals surface area contributed by atoms with Crippen molar-refractivity contribution in [3.8, 4) is 11.3 Å². The molecule has 5 nitrogen and oxygen atoms in total. The lowest BCUT2D eigenvalue weighted by Gasteiger charge is -2.28. The molecule has 0 bridgehead atoms. The van der Waals surface area contributed by atoms with Gasteiger partial charge in [-0.25, -0.2) is 4.98 Å². The van der Waals surface area contributed by atoms with Crippen LogP contribution in [0.25, 0.3) is 16.9 Å². The fraction of sp³-hybridized carbons (Fsp3) is 0.263. The summed E-state index contributed by atoms with van der Waals surface area (Å²) in [6, 6.07) is 9.97. The molecule has 1 aliphatic rings. The van der Waals surface area contributed by atoms with E-state index >= 15 is 0 Å². The molecule has 0 saturated heterocycles. The SMILES string of the molecule is CC(=O)N1CCCc2cc(-c3cn4cc(CO)ccc4n3)ccc21. The summed E-state index contributed by atoms with van der Waals surface area (Å²) in [5.74, 6) is 0.0907. The third kappa shape index (κ3) is 2.47. The second-order valence-electron chi connectivity index (χ2n) is 6.20. The Bertz CT molecular complexity index is 930. The lowest BCUT2D eigenvalue weighted by Crippen LogP contribution is -2.33. The maximum atomic E-state index is 11.8. The number of nitrogens with zero attached hydrogens (tertiary/aromatic N) is 3. The fourth-order valence-corrected chi connectivity index (χ4v) is 3.35. The van der Waals surface area contributed by atoms with Crippen molar-refractivity contribution in [2.75, 3.05) is 11.4 Å². The molecular formula is C19H19N3O2. The molecule has 4 rings (SSSR count). The van der Waals surface area contributed by atoms with E-state index in [1.165, 1.54) is 5.56 Å². The molecule has 3 heterocycles. The predicted octanol–water partition coefficient (Wildman–Crippen LogP) is 2.79. The highest BCUT2D eigenvalue weighted by Crippen LogP contribution is 2.31. The Labute approximate surface area is 140 Å².